The molecule has 1 aliphatic rings. The van der Waals surface area contributed by atoms with E-state index < -0.39 is 4.92 Å². The third-order valence-electron chi connectivity index (χ3n) is 3.40. The minimum absolute atomic E-state index is 0.0402. The van der Waals surface area contributed by atoms with Crippen LogP contribution in [0.2, 0.25) is 0 Å². The van der Waals surface area contributed by atoms with Crippen molar-refractivity contribution in [2.75, 3.05) is 13.1 Å². The Kier molecular flexibility index (Phi) is 3.80. The number of carbonyl (C=O) groups is 1. The molecule has 102 valence electrons. The highest BCUT2D eigenvalue weighted by molar-refractivity contribution is 5.98. The first-order chi connectivity index (χ1) is 9.00. The number of hydrogen-bond acceptors (Lipinski definition) is 4. The van der Waals surface area contributed by atoms with Gasteiger partial charge in [-0.3, -0.25) is 14.9 Å². The summed E-state index contributed by atoms with van der Waals surface area (Å²) in [6, 6.07) is 4.77. The molecule has 0 radical (unpaired) electrons. The maximum Gasteiger partial charge on any atom is 0.285 e. The molecule has 2 N–H and O–H groups in total. The topological polar surface area (TPSA) is 89.5 Å². The summed E-state index contributed by atoms with van der Waals surface area (Å²) in [5.41, 5.74) is 6.39. The lowest BCUT2D eigenvalue weighted by molar-refractivity contribution is -0.385. The molecule has 1 saturated heterocycles. The van der Waals surface area contributed by atoms with Crippen LogP contribution in [0.5, 0.6) is 0 Å². The highest BCUT2D eigenvalue weighted by Crippen LogP contribution is 2.25. The summed E-state index contributed by atoms with van der Waals surface area (Å²) in [6.45, 7) is 2.71. The molecule has 1 amide bonds. The molecule has 1 atom stereocenters. The largest absolute Gasteiger partial charge is 0.337 e. The smallest absolute Gasteiger partial charge is 0.285 e. The first-order valence-corrected chi connectivity index (χ1v) is 6.29. The number of para-hydroxylation sites is 1. The second-order valence-corrected chi connectivity index (χ2v) is 4.88. The fraction of sp³-hybridized carbons (Fsp3) is 0.462. The van der Waals surface area contributed by atoms with Crippen LogP contribution in [-0.2, 0) is 0 Å². The van der Waals surface area contributed by atoms with Gasteiger partial charge in [-0.1, -0.05) is 12.1 Å². The standard InChI is InChI=1S/C13H17N3O3/c1-9-4-2-6-11(12(9)16(18)19)13(17)15-7-3-5-10(14)8-15/h2,4,6,10H,3,5,7-8,14H2,1H3/t10-/m1/s1. The van der Waals surface area contributed by atoms with Gasteiger partial charge in [0.05, 0.1) is 4.92 Å². The molecule has 6 heteroatoms. The zero-order chi connectivity index (χ0) is 14.0. The number of amides is 1. The summed E-state index contributed by atoms with van der Waals surface area (Å²) in [5.74, 6) is -0.300. The molecule has 19 heavy (non-hydrogen) atoms. The van der Waals surface area contributed by atoms with Crippen molar-refractivity contribution >= 4 is 11.6 Å². The Balaban J connectivity index is 2.33. The molecule has 0 spiro atoms. The maximum absolute atomic E-state index is 12.4. The number of hydrogen-bond donors (Lipinski definition) is 1. The van der Waals surface area contributed by atoms with Crippen LogP contribution in [0.3, 0.4) is 0 Å². The Hall–Kier alpha value is -1.95. The summed E-state index contributed by atoms with van der Waals surface area (Å²) in [5, 5.41) is 11.1. The van der Waals surface area contributed by atoms with Gasteiger partial charge in [0.2, 0.25) is 0 Å². The summed E-state index contributed by atoms with van der Waals surface area (Å²) in [7, 11) is 0. The molecular weight excluding hydrogens is 246 g/mol. The van der Waals surface area contributed by atoms with Crippen molar-refractivity contribution in [3.8, 4) is 0 Å². The van der Waals surface area contributed by atoms with Crippen LogP contribution in [0.1, 0.15) is 28.8 Å². The predicted molar refractivity (Wildman–Crippen MR) is 70.9 cm³/mol. The number of nitro benzene ring substituents is 1. The lowest BCUT2D eigenvalue weighted by Crippen LogP contribution is -2.45. The lowest BCUT2D eigenvalue weighted by atomic mass is 10.0. The van der Waals surface area contributed by atoms with Crippen LogP contribution in [0, 0.1) is 17.0 Å². The first kappa shape index (κ1) is 13.5. The third kappa shape index (κ3) is 2.73. The van der Waals surface area contributed by atoms with Gasteiger partial charge in [0.15, 0.2) is 0 Å². The van der Waals surface area contributed by atoms with Crippen molar-refractivity contribution in [1.29, 1.82) is 0 Å². The van der Waals surface area contributed by atoms with Gasteiger partial charge in [-0.05, 0) is 25.8 Å². The fourth-order valence-corrected chi connectivity index (χ4v) is 2.44. The molecule has 0 aliphatic carbocycles. The molecule has 0 saturated carbocycles. The van der Waals surface area contributed by atoms with Crippen molar-refractivity contribution < 1.29 is 9.72 Å². The van der Waals surface area contributed by atoms with Gasteiger partial charge < -0.3 is 10.6 Å². The highest BCUT2D eigenvalue weighted by Gasteiger charge is 2.28. The quantitative estimate of drug-likeness (QED) is 0.646. The summed E-state index contributed by atoms with van der Waals surface area (Å²) in [6.07, 6.45) is 1.73. The minimum atomic E-state index is -0.494. The summed E-state index contributed by atoms with van der Waals surface area (Å²) in [4.78, 5) is 24.6. The van der Waals surface area contributed by atoms with Gasteiger partial charge in [-0.25, -0.2) is 0 Å². The van der Waals surface area contributed by atoms with Crippen molar-refractivity contribution in [3.63, 3.8) is 0 Å². The second kappa shape index (κ2) is 5.36. The maximum atomic E-state index is 12.4. The number of carbonyl (C=O) groups excluding carboxylic acids is 1. The molecule has 2 rings (SSSR count). The molecule has 0 bridgehead atoms. The van der Waals surface area contributed by atoms with Crippen molar-refractivity contribution in [1.82, 2.24) is 4.90 Å². The SMILES string of the molecule is Cc1cccc(C(=O)N2CCC[C@@H](N)C2)c1[N+](=O)[O-]. The number of benzene rings is 1. The highest BCUT2D eigenvalue weighted by atomic mass is 16.6. The predicted octanol–water partition coefficient (Wildman–Crippen LogP) is 1.47. The minimum Gasteiger partial charge on any atom is -0.337 e. The number of aryl methyl sites for hydroxylation is 1. The molecule has 1 aromatic rings. The lowest BCUT2D eigenvalue weighted by Gasteiger charge is -2.30. The Morgan fingerprint density at radius 2 is 2.26 bits per heavy atom. The van der Waals surface area contributed by atoms with E-state index in [1.165, 1.54) is 6.07 Å². The van der Waals surface area contributed by atoms with Gasteiger partial charge in [-0.2, -0.15) is 0 Å². The molecule has 0 unspecified atom stereocenters. The van der Waals surface area contributed by atoms with E-state index in [9.17, 15) is 14.9 Å². The van der Waals surface area contributed by atoms with Crippen LogP contribution >= 0.6 is 0 Å². The molecular formula is C13H17N3O3. The molecule has 1 fully saturated rings. The van der Waals surface area contributed by atoms with E-state index >= 15 is 0 Å². The average Bonchev–Trinajstić information content (AvgIpc) is 2.37. The molecule has 1 heterocycles. The van der Waals surface area contributed by atoms with Gasteiger partial charge in [0.1, 0.15) is 5.56 Å². The second-order valence-electron chi connectivity index (χ2n) is 4.88. The molecule has 1 aromatic carbocycles. The van der Waals surface area contributed by atoms with E-state index in [1.807, 2.05) is 0 Å². The monoisotopic (exact) mass is 263 g/mol. The van der Waals surface area contributed by atoms with Gasteiger partial charge in [0.25, 0.3) is 11.6 Å². The van der Waals surface area contributed by atoms with Crippen LogP contribution in [0.15, 0.2) is 18.2 Å². The van der Waals surface area contributed by atoms with Crippen molar-refractivity contribution in [2.24, 2.45) is 5.73 Å². The first-order valence-electron chi connectivity index (χ1n) is 6.29. The number of rotatable bonds is 2. The Labute approximate surface area is 111 Å². The normalized spacial score (nSPS) is 19.3. The fourth-order valence-electron chi connectivity index (χ4n) is 2.44. The van der Waals surface area contributed by atoms with Crippen LogP contribution in [0.25, 0.3) is 0 Å². The number of likely N-dealkylation sites (tertiary alicyclic amines) is 1. The van der Waals surface area contributed by atoms with E-state index in [4.69, 9.17) is 5.73 Å². The Morgan fingerprint density at radius 3 is 2.89 bits per heavy atom. The third-order valence-corrected chi connectivity index (χ3v) is 3.40. The number of nitrogens with zero attached hydrogens (tertiary/aromatic N) is 2. The van der Waals surface area contributed by atoms with Gasteiger partial charge in [0, 0.05) is 24.7 Å². The summed E-state index contributed by atoms with van der Waals surface area (Å²) < 4.78 is 0. The van der Waals surface area contributed by atoms with E-state index in [1.54, 1.807) is 24.0 Å². The van der Waals surface area contributed by atoms with Gasteiger partial charge >= 0.3 is 0 Å². The summed E-state index contributed by atoms with van der Waals surface area (Å²) >= 11 is 0. The van der Waals surface area contributed by atoms with Crippen molar-refractivity contribution in [2.45, 2.75) is 25.8 Å². The Bertz CT molecular complexity index is 516. The van der Waals surface area contributed by atoms with Crippen LogP contribution < -0.4 is 5.73 Å². The molecule has 0 aromatic heterocycles. The van der Waals surface area contributed by atoms with Crippen molar-refractivity contribution in [3.05, 3.63) is 39.4 Å². The zero-order valence-electron chi connectivity index (χ0n) is 10.8. The van der Waals surface area contributed by atoms with Gasteiger partial charge in [-0.15, -0.1) is 0 Å². The van der Waals surface area contributed by atoms with Crippen LogP contribution in [0.4, 0.5) is 5.69 Å². The molecule has 6 nitrogen and oxygen atoms in total. The molecule has 1 aliphatic heterocycles. The van der Waals surface area contributed by atoms with E-state index in [-0.39, 0.29) is 23.2 Å². The average molecular weight is 263 g/mol. The van der Waals surface area contributed by atoms with Crippen LogP contribution in [-0.4, -0.2) is 34.9 Å². The number of nitro groups is 1. The van der Waals surface area contributed by atoms with E-state index in [0.29, 0.717) is 18.7 Å². The number of piperidine rings is 1. The zero-order valence-corrected chi connectivity index (χ0v) is 10.8. The van der Waals surface area contributed by atoms with E-state index in [0.717, 1.165) is 12.8 Å². The number of nitrogens with two attached hydrogens (primary N) is 1. The van der Waals surface area contributed by atoms with E-state index in [2.05, 4.69) is 0 Å². The Morgan fingerprint density at radius 1 is 1.53 bits per heavy atom.